The van der Waals surface area contributed by atoms with Crippen LogP contribution in [0.15, 0.2) is 79.0 Å². The van der Waals surface area contributed by atoms with Crippen molar-refractivity contribution >= 4 is 23.9 Å². The summed E-state index contributed by atoms with van der Waals surface area (Å²) < 4.78 is 1.80. The number of rotatable bonds is 6. The molecule has 0 aliphatic rings. The number of hydrogen-bond acceptors (Lipinski definition) is 2. The summed E-state index contributed by atoms with van der Waals surface area (Å²) >= 11 is 0. The second-order valence-corrected chi connectivity index (χ2v) is 6.12. The minimum Gasteiger partial charge on any atom is -0.478 e. The Balaban J connectivity index is 1.72. The molecule has 0 saturated heterocycles. The number of carbonyl (C=O) groups excluding carboxylic acids is 1. The molecule has 0 aliphatic carbocycles. The van der Waals surface area contributed by atoms with Gasteiger partial charge < -0.3 is 9.67 Å². The van der Waals surface area contributed by atoms with Gasteiger partial charge in [0.1, 0.15) is 0 Å². The third-order valence-corrected chi connectivity index (χ3v) is 4.16. The molecule has 0 saturated carbocycles. The minimum atomic E-state index is -0.998. The molecule has 0 bridgehead atoms. The Hall–Kier alpha value is -3.66. The third-order valence-electron chi connectivity index (χ3n) is 4.16. The Morgan fingerprint density at radius 2 is 1.56 bits per heavy atom. The first-order valence-electron chi connectivity index (χ1n) is 8.48. The highest BCUT2D eigenvalue weighted by atomic mass is 16.4. The summed E-state index contributed by atoms with van der Waals surface area (Å²) in [6.45, 7) is 0. The molecule has 1 aromatic heterocycles. The van der Waals surface area contributed by atoms with Crippen molar-refractivity contribution in [1.82, 2.24) is 4.57 Å². The molecule has 1 heterocycles. The van der Waals surface area contributed by atoms with E-state index in [4.69, 9.17) is 5.11 Å². The fourth-order valence-electron chi connectivity index (χ4n) is 2.75. The average molecular weight is 357 g/mol. The average Bonchev–Trinajstić information content (AvgIpc) is 3.05. The Labute approximate surface area is 157 Å². The molecule has 0 aliphatic heterocycles. The lowest BCUT2D eigenvalue weighted by Gasteiger charge is -2.02. The summed E-state index contributed by atoms with van der Waals surface area (Å²) in [5.41, 5.74) is 4.37. The van der Waals surface area contributed by atoms with Crippen LogP contribution >= 0.6 is 0 Å². The molecule has 27 heavy (non-hydrogen) atoms. The number of carboxylic acids is 1. The van der Waals surface area contributed by atoms with Gasteiger partial charge in [-0.15, -0.1) is 0 Å². The number of aryl methyl sites for hydroxylation is 1. The van der Waals surface area contributed by atoms with Crippen LogP contribution in [0.4, 0.5) is 0 Å². The maximum Gasteiger partial charge on any atom is 0.328 e. The lowest BCUT2D eigenvalue weighted by molar-refractivity contribution is -0.131. The van der Waals surface area contributed by atoms with Gasteiger partial charge in [0.15, 0.2) is 5.78 Å². The van der Waals surface area contributed by atoms with E-state index < -0.39 is 5.97 Å². The molecular weight excluding hydrogens is 338 g/mol. The van der Waals surface area contributed by atoms with Crippen molar-refractivity contribution in [1.29, 1.82) is 0 Å². The van der Waals surface area contributed by atoms with Crippen molar-refractivity contribution in [2.24, 2.45) is 7.05 Å². The first-order chi connectivity index (χ1) is 13.0. The van der Waals surface area contributed by atoms with Crippen molar-refractivity contribution < 1.29 is 14.7 Å². The number of allylic oxidation sites excluding steroid dienone is 1. The first kappa shape index (κ1) is 18.1. The van der Waals surface area contributed by atoms with Gasteiger partial charge in [0.05, 0.1) is 0 Å². The third kappa shape index (κ3) is 4.70. The van der Waals surface area contributed by atoms with Crippen LogP contribution in [-0.2, 0) is 11.8 Å². The molecule has 4 nitrogen and oxygen atoms in total. The normalized spacial score (nSPS) is 11.3. The van der Waals surface area contributed by atoms with E-state index >= 15 is 0 Å². The number of benzene rings is 2. The SMILES string of the molecule is Cn1cc(/C=C/C(=O)c2ccc(-c3ccccc3)cc2)cc1/C=C/C(=O)O. The Kier molecular flexibility index (Phi) is 5.47. The number of aliphatic carboxylic acids is 1. The van der Waals surface area contributed by atoms with Crippen LogP contribution in [0.3, 0.4) is 0 Å². The summed E-state index contributed by atoms with van der Waals surface area (Å²) in [6, 6.07) is 19.3. The highest BCUT2D eigenvalue weighted by Crippen LogP contribution is 2.19. The topological polar surface area (TPSA) is 59.3 Å². The van der Waals surface area contributed by atoms with Gasteiger partial charge in [0, 0.05) is 30.6 Å². The van der Waals surface area contributed by atoms with Crippen LogP contribution in [0, 0.1) is 0 Å². The Morgan fingerprint density at radius 1 is 0.889 bits per heavy atom. The molecule has 2 aromatic carbocycles. The zero-order valence-corrected chi connectivity index (χ0v) is 14.9. The van der Waals surface area contributed by atoms with Crippen molar-refractivity contribution in [3.05, 3.63) is 95.8 Å². The molecular formula is C23H19NO3. The van der Waals surface area contributed by atoms with E-state index in [0.717, 1.165) is 28.5 Å². The van der Waals surface area contributed by atoms with Gasteiger partial charge in [-0.3, -0.25) is 4.79 Å². The smallest absolute Gasteiger partial charge is 0.328 e. The molecule has 1 N–H and O–H groups in total. The zero-order valence-electron chi connectivity index (χ0n) is 14.9. The van der Waals surface area contributed by atoms with Crippen LogP contribution in [0.25, 0.3) is 23.3 Å². The van der Waals surface area contributed by atoms with Crippen molar-refractivity contribution in [3.8, 4) is 11.1 Å². The maximum atomic E-state index is 12.4. The van der Waals surface area contributed by atoms with Crippen LogP contribution in [0.2, 0.25) is 0 Å². The highest BCUT2D eigenvalue weighted by molar-refractivity contribution is 6.07. The molecule has 0 fully saturated rings. The van der Waals surface area contributed by atoms with Crippen LogP contribution in [0.5, 0.6) is 0 Å². The standard InChI is InChI=1S/C23H19NO3/c1-24-16-17(15-21(24)12-14-23(26)27)7-13-22(25)20-10-8-19(9-11-20)18-5-3-2-4-6-18/h2-16H,1H3,(H,26,27)/b13-7+,14-12+. The molecule has 0 spiro atoms. The number of aromatic nitrogens is 1. The van der Waals surface area contributed by atoms with Gasteiger partial charge in [-0.05, 0) is 41.0 Å². The second-order valence-electron chi connectivity index (χ2n) is 6.12. The van der Waals surface area contributed by atoms with Gasteiger partial charge in [-0.25, -0.2) is 4.79 Å². The van der Waals surface area contributed by atoms with Gasteiger partial charge in [-0.1, -0.05) is 54.6 Å². The molecule has 0 unspecified atom stereocenters. The van der Waals surface area contributed by atoms with Crippen LogP contribution in [-0.4, -0.2) is 21.4 Å². The van der Waals surface area contributed by atoms with E-state index in [1.54, 1.807) is 10.6 Å². The van der Waals surface area contributed by atoms with Crippen molar-refractivity contribution in [2.45, 2.75) is 0 Å². The number of ketones is 1. The summed E-state index contributed by atoms with van der Waals surface area (Å²) in [6.07, 6.45) is 7.69. The molecule has 4 heteroatoms. The lowest BCUT2D eigenvalue weighted by atomic mass is 10.0. The largest absolute Gasteiger partial charge is 0.478 e. The zero-order chi connectivity index (χ0) is 19.2. The number of carboxylic acid groups (broad SMARTS) is 1. The fraction of sp³-hybridized carbons (Fsp3) is 0.0435. The number of nitrogens with zero attached hydrogens (tertiary/aromatic N) is 1. The quantitative estimate of drug-likeness (QED) is 0.514. The van der Waals surface area contributed by atoms with Gasteiger partial charge in [-0.2, -0.15) is 0 Å². The Morgan fingerprint density at radius 3 is 2.22 bits per heavy atom. The number of hydrogen-bond donors (Lipinski definition) is 1. The first-order valence-corrected chi connectivity index (χ1v) is 8.48. The second kappa shape index (κ2) is 8.15. The van der Waals surface area contributed by atoms with E-state index in [2.05, 4.69) is 0 Å². The Bertz CT molecular complexity index is 1010. The highest BCUT2D eigenvalue weighted by Gasteiger charge is 2.04. The van der Waals surface area contributed by atoms with E-state index in [9.17, 15) is 9.59 Å². The summed E-state index contributed by atoms with van der Waals surface area (Å²) in [7, 11) is 1.82. The van der Waals surface area contributed by atoms with E-state index in [1.807, 2.05) is 73.9 Å². The summed E-state index contributed by atoms with van der Waals surface area (Å²) in [5, 5.41) is 8.71. The van der Waals surface area contributed by atoms with Crippen LogP contribution in [0.1, 0.15) is 21.6 Å². The molecule has 3 rings (SSSR count). The summed E-state index contributed by atoms with van der Waals surface area (Å²) in [5.74, 6) is -1.08. The van der Waals surface area contributed by atoms with E-state index in [1.165, 1.54) is 12.2 Å². The van der Waals surface area contributed by atoms with Gasteiger partial charge in [0.2, 0.25) is 0 Å². The molecule has 0 atom stereocenters. The van der Waals surface area contributed by atoms with E-state index in [0.29, 0.717) is 5.56 Å². The molecule has 0 radical (unpaired) electrons. The molecule has 3 aromatic rings. The number of carbonyl (C=O) groups is 2. The summed E-state index contributed by atoms with van der Waals surface area (Å²) in [4.78, 5) is 23.0. The molecule has 0 amide bonds. The van der Waals surface area contributed by atoms with Crippen molar-refractivity contribution in [3.63, 3.8) is 0 Å². The van der Waals surface area contributed by atoms with Gasteiger partial charge >= 0.3 is 5.97 Å². The predicted molar refractivity (Wildman–Crippen MR) is 107 cm³/mol. The van der Waals surface area contributed by atoms with Gasteiger partial charge in [0.25, 0.3) is 0 Å². The maximum absolute atomic E-state index is 12.4. The monoisotopic (exact) mass is 357 g/mol. The molecule has 134 valence electrons. The van der Waals surface area contributed by atoms with Crippen LogP contribution < -0.4 is 0 Å². The predicted octanol–water partition coefficient (Wildman–Crippen LogP) is 4.69. The fourth-order valence-corrected chi connectivity index (χ4v) is 2.75. The minimum absolute atomic E-state index is 0.0823. The van der Waals surface area contributed by atoms with E-state index in [-0.39, 0.29) is 5.78 Å². The lowest BCUT2D eigenvalue weighted by Crippen LogP contribution is -1.93. The van der Waals surface area contributed by atoms with Crippen molar-refractivity contribution in [2.75, 3.05) is 0 Å².